The molecule has 2 amide bonds. The molecule has 0 aromatic carbocycles. The van der Waals surface area contributed by atoms with Crippen molar-refractivity contribution in [2.24, 2.45) is 0 Å². The molecule has 0 aliphatic heterocycles. The number of carbonyl (C=O) groups is 2. The van der Waals surface area contributed by atoms with Gasteiger partial charge in [-0.3, -0.25) is 4.79 Å². The Bertz CT molecular complexity index is 237. The zero-order valence-corrected chi connectivity index (χ0v) is 13.0. The number of carbonyl (C=O) groups excluding carboxylic acids is 2. The maximum absolute atomic E-state index is 11.2. The van der Waals surface area contributed by atoms with Gasteiger partial charge in [-0.15, -0.1) is 0 Å². The molecule has 0 spiro atoms. The molecule has 0 aliphatic carbocycles. The lowest BCUT2D eigenvalue weighted by Crippen LogP contribution is -2.30. The van der Waals surface area contributed by atoms with E-state index in [1.54, 1.807) is 0 Å². The van der Waals surface area contributed by atoms with Crippen molar-refractivity contribution < 1.29 is 14.3 Å². The van der Waals surface area contributed by atoms with Crippen LogP contribution in [0, 0.1) is 0 Å². The van der Waals surface area contributed by atoms with E-state index in [2.05, 4.69) is 17.6 Å². The van der Waals surface area contributed by atoms with Crippen molar-refractivity contribution in [3.63, 3.8) is 0 Å². The van der Waals surface area contributed by atoms with E-state index in [1.165, 1.54) is 6.04 Å². The van der Waals surface area contributed by atoms with Gasteiger partial charge in [0.25, 0.3) is 0 Å². The maximum atomic E-state index is 11.2. The normalized spacial score (nSPS) is 10.6. The monoisotopic (exact) mass is 274 g/mol. The van der Waals surface area contributed by atoms with Crippen molar-refractivity contribution in [1.29, 1.82) is 0 Å². The lowest BCUT2D eigenvalue weighted by molar-refractivity contribution is -0.121. The number of rotatable bonds is 10. The van der Waals surface area contributed by atoms with Crippen molar-refractivity contribution in [2.45, 2.75) is 45.2 Å². The molecule has 106 valence electrons. The topological polar surface area (TPSA) is 67.4 Å². The number of amides is 2. The van der Waals surface area contributed by atoms with Gasteiger partial charge < -0.3 is 15.4 Å². The first-order valence-corrected chi connectivity index (χ1v) is 8.88. The van der Waals surface area contributed by atoms with Crippen LogP contribution >= 0.6 is 0 Å². The molecular weight excluding hydrogens is 248 g/mol. The van der Waals surface area contributed by atoms with Gasteiger partial charge in [-0.2, -0.15) is 0 Å². The second kappa shape index (κ2) is 12.4. The standard InChI is InChI=1S/C12H26N2O3Si/c1-3-6-11(15)13-7-5-8-14-12(16)17-9-10-18-4-2/h3-10,18H2,1-2H3,(H,13,15)(H,14,16). The van der Waals surface area contributed by atoms with E-state index in [0.717, 1.165) is 18.9 Å². The number of nitrogens with one attached hydrogen (secondary N) is 2. The van der Waals surface area contributed by atoms with Crippen LogP contribution in [0.3, 0.4) is 0 Å². The number of ether oxygens (including phenoxy) is 1. The van der Waals surface area contributed by atoms with E-state index in [1.807, 2.05) is 6.92 Å². The first-order valence-electron chi connectivity index (χ1n) is 6.88. The van der Waals surface area contributed by atoms with Crippen molar-refractivity contribution >= 4 is 21.5 Å². The van der Waals surface area contributed by atoms with Gasteiger partial charge in [-0.25, -0.2) is 4.79 Å². The van der Waals surface area contributed by atoms with E-state index in [0.29, 0.717) is 26.1 Å². The lowest BCUT2D eigenvalue weighted by atomic mass is 10.3. The average molecular weight is 274 g/mol. The van der Waals surface area contributed by atoms with Gasteiger partial charge >= 0.3 is 6.09 Å². The summed E-state index contributed by atoms with van der Waals surface area (Å²) in [6.07, 6.45) is 1.81. The lowest BCUT2D eigenvalue weighted by Gasteiger charge is -2.07. The highest BCUT2D eigenvalue weighted by molar-refractivity contribution is 6.35. The molecule has 0 saturated heterocycles. The molecule has 6 heteroatoms. The van der Waals surface area contributed by atoms with Crippen molar-refractivity contribution in [3.05, 3.63) is 0 Å². The third-order valence-corrected chi connectivity index (χ3v) is 3.90. The largest absolute Gasteiger partial charge is 0.450 e. The van der Waals surface area contributed by atoms with Crippen LogP contribution in [0.25, 0.3) is 0 Å². The van der Waals surface area contributed by atoms with Crippen LogP contribution in [-0.4, -0.2) is 41.2 Å². The van der Waals surface area contributed by atoms with Gasteiger partial charge in [0.2, 0.25) is 5.91 Å². The minimum absolute atomic E-state index is 0.0154. The SMILES string of the molecule is CCCC(=O)NCCCNC(=O)OCC[SiH2]CC. The van der Waals surface area contributed by atoms with Crippen LogP contribution in [0.2, 0.25) is 12.1 Å². The van der Waals surface area contributed by atoms with Crippen LogP contribution in [0.5, 0.6) is 0 Å². The van der Waals surface area contributed by atoms with E-state index in [4.69, 9.17) is 4.74 Å². The van der Waals surface area contributed by atoms with Gasteiger partial charge in [-0.1, -0.05) is 19.9 Å². The Hall–Kier alpha value is -1.04. The summed E-state index contributed by atoms with van der Waals surface area (Å²) in [6.45, 7) is 5.81. The Labute approximate surface area is 112 Å². The van der Waals surface area contributed by atoms with Gasteiger partial charge in [0.1, 0.15) is 0 Å². The molecule has 0 radical (unpaired) electrons. The Balaban J connectivity index is 3.27. The van der Waals surface area contributed by atoms with Gasteiger partial charge in [0, 0.05) is 29.0 Å². The number of hydrogen-bond donors (Lipinski definition) is 2. The fraction of sp³-hybridized carbons (Fsp3) is 0.833. The van der Waals surface area contributed by atoms with Crippen LogP contribution in [0.15, 0.2) is 0 Å². The average Bonchev–Trinajstić information content (AvgIpc) is 2.34. The summed E-state index contributed by atoms with van der Waals surface area (Å²) in [5.41, 5.74) is 0. The van der Waals surface area contributed by atoms with Gasteiger partial charge in [0.05, 0.1) is 6.61 Å². The van der Waals surface area contributed by atoms with Crippen molar-refractivity contribution in [1.82, 2.24) is 10.6 Å². The fourth-order valence-corrected chi connectivity index (χ4v) is 2.24. The molecular formula is C12H26N2O3Si. The number of hydrogen-bond acceptors (Lipinski definition) is 3. The van der Waals surface area contributed by atoms with Crippen LogP contribution in [0.4, 0.5) is 4.79 Å². The summed E-state index contributed by atoms with van der Waals surface area (Å²) >= 11 is 0. The highest BCUT2D eigenvalue weighted by Crippen LogP contribution is 1.88. The van der Waals surface area contributed by atoms with Crippen LogP contribution in [-0.2, 0) is 9.53 Å². The summed E-state index contributed by atoms with van der Waals surface area (Å²) < 4.78 is 5.01. The van der Waals surface area contributed by atoms with E-state index in [9.17, 15) is 9.59 Å². The molecule has 0 saturated carbocycles. The van der Waals surface area contributed by atoms with E-state index < -0.39 is 0 Å². The third-order valence-electron chi connectivity index (χ3n) is 2.40. The zero-order valence-electron chi connectivity index (χ0n) is 11.6. The number of alkyl carbamates (subject to hydrolysis) is 1. The summed E-state index contributed by atoms with van der Waals surface area (Å²) in [6, 6.07) is 2.30. The summed E-state index contributed by atoms with van der Waals surface area (Å²) in [5.74, 6) is 0.0737. The Morgan fingerprint density at radius 1 is 1.17 bits per heavy atom. The fourth-order valence-electron chi connectivity index (χ4n) is 1.39. The Morgan fingerprint density at radius 3 is 2.56 bits per heavy atom. The molecule has 0 aromatic rings. The zero-order chi connectivity index (χ0) is 13.6. The van der Waals surface area contributed by atoms with E-state index in [-0.39, 0.29) is 21.5 Å². The Morgan fingerprint density at radius 2 is 1.89 bits per heavy atom. The second-order valence-electron chi connectivity index (χ2n) is 4.22. The first-order chi connectivity index (χ1) is 8.70. The molecule has 18 heavy (non-hydrogen) atoms. The molecule has 2 N–H and O–H groups in total. The predicted octanol–water partition coefficient (Wildman–Crippen LogP) is 1.04. The maximum Gasteiger partial charge on any atom is 0.407 e. The minimum atomic E-state index is -0.347. The van der Waals surface area contributed by atoms with Gasteiger partial charge in [-0.05, 0) is 18.9 Å². The summed E-state index contributed by atoms with van der Waals surface area (Å²) in [5, 5.41) is 5.46. The van der Waals surface area contributed by atoms with Crippen LogP contribution in [0.1, 0.15) is 33.1 Å². The molecule has 0 unspecified atom stereocenters. The summed E-state index contributed by atoms with van der Waals surface area (Å²) in [7, 11) is -0.0154. The van der Waals surface area contributed by atoms with Crippen molar-refractivity contribution in [3.8, 4) is 0 Å². The highest BCUT2D eigenvalue weighted by Gasteiger charge is 2.01. The van der Waals surface area contributed by atoms with E-state index >= 15 is 0 Å². The smallest absolute Gasteiger partial charge is 0.407 e. The highest BCUT2D eigenvalue weighted by atomic mass is 28.2. The predicted molar refractivity (Wildman–Crippen MR) is 75.7 cm³/mol. The molecule has 5 nitrogen and oxygen atoms in total. The second-order valence-corrected chi connectivity index (χ2v) is 6.64. The molecule has 0 rings (SSSR count). The van der Waals surface area contributed by atoms with Gasteiger partial charge in [0.15, 0.2) is 0 Å². The molecule has 0 atom stereocenters. The summed E-state index contributed by atoms with van der Waals surface area (Å²) in [4.78, 5) is 22.3. The minimum Gasteiger partial charge on any atom is -0.450 e. The van der Waals surface area contributed by atoms with Crippen LogP contribution < -0.4 is 10.6 Å². The molecule has 0 aromatic heterocycles. The third kappa shape index (κ3) is 11.4. The quantitative estimate of drug-likeness (QED) is 0.462. The van der Waals surface area contributed by atoms with Crippen molar-refractivity contribution in [2.75, 3.05) is 19.7 Å². The first kappa shape index (κ1) is 17.0. The Kier molecular flexibility index (Phi) is 11.7. The molecule has 0 bridgehead atoms. The molecule has 0 heterocycles. The molecule has 0 aliphatic rings. The molecule has 0 fully saturated rings.